The summed E-state index contributed by atoms with van der Waals surface area (Å²) in [6.45, 7) is 9.15. The highest BCUT2D eigenvalue weighted by molar-refractivity contribution is 7.11. The third kappa shape index (κ3) is 2.86. The quantitative estimate of drug-likeness (QED) is 0.922. The van der Waals surface area contributed by atoms with Gasteiger partial charge in [-0.2, -0.15) is 0 Å². The van der Waals surface area contributed by atoms with Gasteiger partial charge in [-0.25, -0.2) is 4.98 Å². The average Bonchev–Trinajstić information content (AvgIpc) is 2.94. The van der Waals surface area contributed by atoms with Gasteiger partial charge in [0.2, 0.25) is 0 Å². The van der Waals surface area contributed by atoms with Crippen molar-refractivity contribution in [1.29, 1.82) is 0 Å². The van der Waals surface area contributed by atoms with E-state index < -0.39 is 0 Å². The molecule has 19 heavy (non-hydrogen) atoms. The minimum absolute atomic E-state index is 0.448. The van der Waals surface area contributed by atoms with Crippen LogP contribution in [0.15, 0.2) is 0 Å². The Hall–Kier alpha value is -0.450. The molecular formula is C15H25N3S. The van der Waals surface area contributed by atoms with E-state index in [9.17, 15) is 0 Å². The van der Waals surface area contributed by atoms with Crippen LogP contribution in [0.2, 0.25) is 0 Å². The van der Waals surface area contributed by atoms with Gasteiger partial charge in [-0.1, -0.05) is 0 Å². The maximum Gasteiger partial charge on any atom is 0.0900 e. The van der Waals surface area contributed by atoms with Gasteiger partial charge in [0.1, 0.15) is 0 Å². The maximum absolute atomic E-state index is 4.55. The zero-order chi connectivity index (χ0) is 13.4. The fraction of sp³-hybridized carbons (Fsp3) is 0.800. The molecule has 1 N–H and O–H groups in total. The van der Waals surface area contributed by atoms with Crippen molar-refractivity contribution < 1.29 is 0 Å². The van der Waals surface area contributed by atoms with E-state index >= 15 is 0 Å². The molecule has 4 heteroatoms. The van der Waals surface area contributed by atoms with Crippen LogP contribution < -0.4 is 5.32 Å². The van der Waals surface area contributed by atoms with E-state index in [2.05, 4.69) is 36.0 Å². The second kappa shape index (κ2) is 5.51. The number of nitrogens with one attached hydrogen (secondary N) is 1. The predicted molar refractivity (Wildman–Crippen MR) is 80.8 cm³/mol. The van der Waals surface area contributed by atoms with Crippen molar-refractivity contribution in [3.05, 3.63) is 15.6 Å². The first kappa shape index (κ1) is 13.5. The monoisotopic (exact) mass is 279 g/mol. The fourth-order valence-electron chi connectivity index (χ4n) is 3.75. The highest BCUT2D eigenvalue weighted by Crippen LogP contribution is 2.30. The summed E-state index contributed by atoms with van der Waals surface area (Å²) in [6.07, 6.45) is 5.45. The first-order chi connectivity index (χ1) is 9.13. The molecule has 0 amide bonds. The number of piperidine rings is 1. The topological polar surface area (TPSA) is 28.2 Å². The lowest BCUT2D eigenvalue weighted by Gasteiger charge is -2.36. The van der Waals surface area contributed by atoms with Crippen LogP contribution in [0, 0.1) is 13.8 Å². The van der Waals surface area contributed by atoms with Crippen LogP contribution in [0.1, 0.15) is 54.2 Å². The molecule has 106 valence electrons. The lowest BCUT2D eigenvalue weighted by molar-refractivity contribution is 0.162. The third-order valence-electron chi connectivity index (χ3n) is 4.64. The van der Waals surface area contributed by atoms with Gasteiger partial charge < -0.3 is 10.2 Å². The fourth-order valence-corrected chi connectivity index (χ4v) is 4.69. The summed E-state index contributed by atoms with van der Waals surface area (Å²) < 4.78 is 0. The van der Waals surface area contributed by atoms with Crippen LogP contribution in [0.25, 0.3) is 0 Å². The molecule has 0 aromatic carbocycles. The molecule has 2 aliphatic heterocycles. The first-order valence-electron chi connectivity index (χ1n) is 7.57. The molecule has 3 atom stereocenters. The molecule has 0 saturated carbocycles. The summed E-state index contributed by atoms with van der Waals surface area (Å²) in [7, 11) is 0. The lowest BCUT2D eigenvalue weighted by Crippen LogP contribution is -2.46. The molecule has 0 radical (unpaired) electrons. The first-order valence-corrected chi connectivity index (χ1v) is 8.39. The number of nitrogens with zero attached hydrogens (tertiary/aromatic N) is 2. The molecule has 3 rings (SSSR count). The summed E-state index contributed by atoms with van der Waals surface area (Å²) in [5.41, 5.74) is 1.21. The van der Waals surface area contributed by atoms with Crippen LogP contribution in [0.3, 0.4) is 0 Å². The Morgan fingerprint density at radius 3 is 2.89 bits per heavy atom. The molecule has 0 bridgehead atoms. The zero-order valence-electron chi connectivity index (χ0n) is 12.3. The van der Waals surface area contributed by atoms with Gasteiger partial charge in [-0.3, -0.25) is 0 Å². The standard InChI is InChI=1S/C15H25N3S/c1-10-15(19-12(3)16-10)11(2)17-13-6-8-18-7-4-5-14(18)9-13/h11,13-14,17H,4-9H2,1-3H3. The van der Waals surface area contributed by atoms with Crippen molar-refractivity contribution in [3.8, 4) is 0 Å². The van der Waals surface area contributed by atoms with Crippen molar-refractivity contribution in [2.24, 2.45) is 0 Å². The normalized spacial score (nSPS) is 29.4. The van der Waals surface area contributed by atoms with E-state index in [1.54, 1.807) is 0 Å². The molecule has 0 spiro atoms. The number of aromatic nitrogens is 1. The Balaban J connectivity index is 1.60. The predicted octanol–water partition coefficient (Wildman–Crippen LogP) is 3.04. The Morgan fingerprint density at radius 2 is 2.16 bits per heavy atom. The molecule has 1 aromatic heterocycles. The molecule has 2 fully saturated rings. The van der Waals surface area contributed by atoms with Gasteiger partial charge >= 0.3 is 0 Å². The Bertz CT molecular complexity index is 443. The minimum atomic E-state index is 0.448. The van der Waals surface area contributed by atoms with Gasteiger partial charge in [0.05, 0.1) is 10.7 Å². The van der Waals surface area contributed by atoms with E-state index in [1.165, 1.54) is 54.4 Å². The van der Waals surface area contributed by atoms with Gasteiger partial charge in [-0.15, -0.1) is 11.3 Å². The van der Waals surface area contributed by atoms with Gasteiger partial charge in [-0.05, 0) is 59.5 Å². The molecule has 2 saturated heterocycles. The van der Waals surface area contributed by atoms with Gasteiger partial charge in [0.25, 0.3) is 0 Å². The van der Waals surface area contributed by atoms with Gasteiger partial charge in [0.15, 0.2) is 0 Å². The number of aryl methyl sites for hydroxylation is 2. The van der Waals surface area contributed by atoms with Crippen LogP contribution in [0.5, 0.6) is 0 Å². The van der Waals surface area contributed by atoms with E-state index in [0.717, 1.165) is 6.04 Å². The van der Waals surface area contributed by atoms with E-state index in [-0.39, 0.29) is 0 Å². The third-order valence-corrected chi connectivity index (χ3v) is 5.89. The number of thiazole rings is 1. The SMILES string of the molecule is Cc1nc(C)c(C(C)NC2CCN3CCCC3C2)s1. The van der Waals surface area contributed by atoms with E-state index in [4.69, 9.17) is 0 Å². The van der Waals surface area contributed by atoms with E-state index in [1.807, 2.05) is 11.3 Å². The zero-order valence-corrected chi connectivity index (χ0v) is 13.1. The maximum atomic E-state index is 4.55. The number of hydrogen-bond acceptors (Lipinski definition) is 4. The lowest BCUT2D eigenvalue weighted by atomic mass is 9.97. The van der Waals surface area contributed by atoms with Crippen LogP contribution in [-0.4, -0.2) is 35.1 Å². The summed E-state index contributed by atoms with van der Waals surface area (Å²) >= 11 is 1.85. The Labute approximate surface area is 120 Å². The summed E-state index contributed by atoms with van der Waals surface area (Å²) in [5.74, 6) is 0. The molecule has 2 aliphatic rings. The number of rotatable bonds is 3. The molecule has 3 nitrogen and oxygen atoms in total. The molecular weight excluding hydrogens is 254 g/mol. The van der Waals surface area contributed by atoms with Crippen molar-refractivity contribution in [2.75, 3.05) is 13.1 Å². The van der Waals surface area contributed by atoms with Crippen LogP contribution in [-0.2, 0) is 0 Å². The highest BCUT2D eigenvalue weighted by atomic mass is 32.1. The van der Waals surface area contributed by atoms with E-state index in [0.29, 0.717) is 12.1 Å². The summed E-state index contributed by atoms with van der Waals surface area (Å²) in [5, 5.41) is 5.03. The molecule has 3 heterocycles. The van der Waals surface area contributed by atoms with Gasteiger partial charge in [0, 0.05) is 23.0 Å². The van der Waals surface area contributed by atoms with Crippen LogP contribution >= 0.6 is 11.3 Å². The summed E-state index contributed by atoms with van der Waals surface area (Å²) in [6, 6.07) is 1.99. The minimum Gasteiger partial charge on any atom is -0.307 e. The Kier molecular flexibility index (Phi) is 3.92. The van der Waals surface area contributed by atoms with Crippen molar-refractivity contribution in [3.63, 3.8) is 0 Å². The number of hydrogen-bond donors (Lipinski definition) is 1. The Morgan fingerprint density at radius 1 is 1.32 bits per heavy atom. The average molecular weight is 279 g/mol. The highest BCUT2D eigenvalue weighted by Gasteiger charge is 2.32. The van der Waals surface area contributed by atoms with Crippen molar-refractivity contribution in [1.82, 2.24) is 15.2 Å². The molecule has 3 unspecified atom stereocenters. The number of fused-ring (bicyclic) bond motifs is 1. The second-order valence-corrected chi connectivity index (χ2v) is 7.36. The van der Waals surface area contributed by atoms with Crippen molar-refractivity contribution >= 4 is 11.3 Å². The molecule has 0 aliphatic carbocycles. The smallest absolute Gasteiger partial charge is 0.0900 e. The molecule has 1 aromatic rings. The van der Waals surface area contributed by atoms with Crippen LogP contribution in [0.4, 0.5) is 0 Å². The second-order valence-electron chi connectivity index (χ2n) is 6.12. The summed E-state index contributed by atoms with van der Waals surface area (Å²) in [4.78, 5) is 8.66. The largest absolute Gasteiger partial charge is 0.307 e. The van der Waals surface area contributed by atoms with Crippen molar-refractivity contribution in [2.45, 2.75) is 64.6 Å².